The fourth-order valence-corrected chi connectivity index (χ4v) is 3.56. The van der Waals surface area contributed by atoms with Crippen molar-refractivity contribution in [2.75, 3.05) is 19.0 Å². The van der Waals surface area contributed by atoms with E-state index in [0.29, 0.717) is 6.04 Å². The van der Waals surface area contributed by atoms with Crippen LogP contribution in [-0.4, -0.2) is 14.1 Å². The molecule has 0 spiro atoms. The molecule has 0 bridgehead atoms. The third-order valence-electron chi connectivity index (χ3n) is 3.53. The summed E-state index contributed by atoms with van der Waals surface area (Å²) in [7, 11) is 4.15. The SMILES string of the molecule is CCC(NC)c1ccc(N(C)Cc2csc(Br)c2)cc1. The van der Waals surface area contributed by atoms with E-state index in [1.54, 1.807) is 11.3 Å². The lowest BCUT2D eigenvalue weighted by molar-refractivity contribution is 0.577. The van der Waals surface area contributed by atoms with Crippen LogP contribution in [0.5, 0.6) is 0 Å². The van der Waals surface area contributed by atoms with Gasteiger partial charge in [-0.25, -0.2) is 0 Å². The van der Waals surface area contributed by atoms with Crippen molar-refractivity contribution in [3.05, 3.63) is 50.6 Å². The number of benzene rings is 1. The van der Waals surface area contributed by atoms with E-state index in [2.05, 4.69) is 75.8 Å². The second-order valence-electron chi connectivity index (χ2n) is 4.96. The fraction of sp³-hybridized carbons (Fsp3) is 0.375. The molecule has 2 rings (SSSR count). The summed E-state index contributed by atoms with van der Waals surface area (Å²) in [5, 5.41) is 5.54. The molecule has 108 valence electrons. The van der Waals surface area contributed by atoms with Gasteiger partial charge in [-0.1, -0.05) is 19.1 Å². The summed E-state index contributed by atoms with van der Waals surface area (Å²) >= 11 is 5.25. The molecular weight excluding hydrogens is 332 g/mol. The van der Waals surface area contributed by atoms with Gasteiger partial charge in [-0.15, -0.1) is 11.3 Å². The first-order chi connectivity index (χ1) is 9.63. The fourth-order valence-electron chi connectivity index (χ4n) is 2.36. The maximum Gasteiger partial charge on any atom is 0.0701 e. The van der Waals surface area contributed by atoms with Crippen LogP contribution in [0.2, 0.25) is 0 Å². The highest BCUT2D eigenvalue weighted by Gasteiger charge is 2.08. The lowest BCUT2D eigenvalue weighted by atomic mass is 10.0. The van der Waals surface area contributed by atoms with E-state index in [1.165, 1.54) is 20.6 Å². The van der Waals surface area contributed by atoms with Gasteiger partial charge in [0.1, 0.15) is 0 Å². The highest BCUT2D eigenvalue weighted by Crippen LogP contribution is 2.24. The minimum atomic E-state index is 0.446. The van der Waals surface area contributed by atoms with E-state index in [1.807, 2.05) is 7.05 Å². The smallest absolute Gasteiger partial charge is 0.0701 e. The van der Waals surface area contributed by atoms with Crippen molar-refractivity contribution in [1.82, 2.24) is 5.32 Å². The number of hydrogen-bond acceptors (Lipinski definition) is 3. The van der Waals surface area contributed by atoms with Crippen LogP contribution in [-0.2, 0) is 6.54 Å². The van der Waals surface area contributed by atoms with Crippen molar-refractivity contribution in [2.45, 2.75) is 25.9 Å². The largest absolute Gasteiger partial charge is 0.370 e. The van der Waals surface area contributed by atoms with Gasteiger partial charge in [0.25, 0.3) is 0 Å². The number of halogens is 1. The average molecular weight is 353 g/mol. The van der Waals surface area contributed by atoms with Gasteiger partial charge >= 0.3 is 0 Å². The van der Waals surface area contributed by atoms with Crippen molar-refractivity contribution < 1.29 is 0 Å². The van der Waals surface area contributed by atoms with E-state index in [9.17, 15) is 0 Å². The summed E-state index contributed by atoms with van der Waals surface area (Å²) in [6.07, 6.45) is 1.11. The lowest BCUT2D eigenvalue weighted by Gasteiger charge is -2.20. The molecule has 4 heteroatoms. The Hall–Kier alpha value is -0.840. The van der Waals surface area contributed by atoms with Crippen LogP contribution in [0.1, 0.15) is 30.5 Å². The number of nitrogens with one attached hydrogen (secondary N) is 1. The monoisotopic (exact) mass is 352 g/mol. The van der Waals surface area contributed by atoms with E-state index in [-0.39, 0.29) is 0 Å². The summed E-state index contributed by atoms with van der Waals surface area (Å²) in [5.74, 6) is 0. The molecule has 0 saturated carbocycles. The molecule has 0 saturated heterocycles. The molecule has 1 heterocycles. The van der Waals surface area contributed by atoms with E-state index < -0.39 is 0 Å². The molecule has 1 aromatic heterocycles. The Morgan fingerprint density at radius 2 is 2.00 bits per heavy atom. The normalized spacial score (nSPS) is 12.4. The van der Waals surface area contributed by atoms with Gasteiger partial charge in [0.15, 0.2) is 0 Å². The first kappa shape index (κ1) is 15.5. The van der Waals surface area contributed by atoms with Gasteiger partial charge in [-0.2, -0.15) is 0 Å². The van der Waals surface area contributed by atoms with Gasteiger partial charge in [-0.3, -0.25) is 0 Å². The molecule has 0 radical (unpaired) electrons. The zero-order valence-electron chi connectivity index (χ0n) is 12.2. The van der Waals surface area contributed by atoms with Gasteiger partial charge < -0.3 is 10.2 Å². The molecule has 2 nitrogen and oxygen atoms in total. The maximum atomic E-state index is 3.51. The molecule has 0 aliphatic carbocycles. The predicted octanol–water partition coefficient (Wildman–Crippen LogP) is 4.82. The Kier molecular flexibility index (Phi) is 5.64. The Morgan fingerprint density at radius 3 is 2.50 bits per heavy atom. The van der Waals surface area contributed by atoms with Crippen molar-refractivity contribution in [2.24, 2.45) is 0 Å². The molecule has 0 aliphatic heterocycles. The van der Waals surface area contributed by atoms with Crippen molar-refractivity contribution in [3.8, 4) is 0 Å². The van der Waals surface area contributed by atoms with Crippen LogP contribution in [0.4, 0.5) is 5.69 Å². The Balaban J connectivity index is 2.05. The van der Waals surface area contributed by atoms with Gasteiger partial charge in [-0.05, 0) is 64.1 Å². The molecule has 1 unspecified atom stereocenters. The van der Waals surface area contributed by atoms with Crippen molar-refractivity contribution in [1.29, 1.82) is 0 Å². The predicted molar refractivity (Wildman–Crippen MR) is 92.7 cm³/mol. The lowest BCUT2D eigenvalue weighted by Crippen LogP contribution is -2.17. The zero-order valence-corrected chi connectivity index (χ0v) is 14.6. The van der Waals surface area contributed by atoms with E-state index in [0.717, 1.165) is 13.0 Å². The van der Waals surface area contributed by atoms with Crippen molar-refractivity contribution in [3.63, 3.8) is 0 Å². The maximum absolute atomic E-state index is 3.51. The highest BCUT2D eigenvalue weighted by atomic mass is 79.9. The summed E-state index contributed by atoms with van der Waals surface area (Å²) in [6.45, 7) is 3.14. The first-order valence-electron chi connectivity index (χ1n) is 6.85. The van der Waals surface area contributed by atoms with Crippen LogP contribution in [0, 0.1) is 0 Å². The molecule has 0 amide bonds. The van der Waals surface area contributed by atoms with Crippen LogP contribution < -0.4 is 10.2 Å². The van der Waals surface area contributed by atoms with Gasteiger partial charge in [0.05, 0.1) is 3.79 Å². The van der Waals surface area contributed by atoms with Crippen molar-refractivity contribution >= 4 is 33.0 Å². The Morgan fingerprint density at radius 1 is 1.30 bits per heavy atom. The molecule has 0 fully saturated rings. The first-order valence-corrected chi connectivity index (χ1v) is 8.52. The number of hydrogen-bond donors (Lipinski definition) is 1. The molecule has 1 atom stereocenters. The minimum Gasteiger partial charge on any atom is -0.370 e. The topological polar surface area (TPSA) is 15.3 Å². The molecule has 1 aromatic carbocycles. The molecule has 0 aliphatic rings. The second-order valence-corrected chi connectivity index (χ2v) is 7.25. The van der Waals surface area contributed by atoms with E-state index >= 15 is 0 Å². The molecule has 2 aromatic rings. The second kappa shape index (κ2) is 7.25. The molecular formula is C16H21BrN2S. The number of anilines is 1. The zero-order chi connectivity index (χ0) is 14.5. The number of rotatable bonds is 6. The summed E-state index contributed by atoms with van der Waals surface area (Å²) in [5.41, 5.74) is 3.95. The average Bonchev–Trinajstić information content (AvgIpc) is 2.86. The molecule has 1 N–H and O–H groups in total. The van der Waals surface area contributed by atoms with Gasteiger partial charge in [0.2, 0.25) is 0 Å². The third-order valence-corrected chi connectivity index (χ3v) is 5.09. The Bertz CT molecular complexity index is 532. The van der Waals surface area contributed by atoms with Gasteiger partial charge in [0, 0.05) is 25.3 Å². The Labute approximate surface area is 133 Å². The number of nitrogens with zero attached hydrogens (tertiary/aromatic N) is 1. The van der Waals surface area contributed by atoms with Crippen LogP contribution in [0.15, 0.2) is 39.5 Å². The summed E-state index contributed by atoms with van der Waals surface area (Å²) < 4.78 is 1.19. The highest BCUT2D eigenvalue weighted by molar-refractivity contribution is 9.11. The van der Waals surface area contributed by atoms with Crippen LogP contribution in [0.3, 0.4) is 0 Å². The van der Waals surface area contributed by atoms with Crippen LogP contribution >= 0.6 is 27.3 Å². The third kappa shape index (κ3) is 3.84. The quantitative estimate of drug-likeness (QED) is 0.801. The molecule has 20 heavy (non-hydrogen) atoms. The summed E-state index contributed by atoms with van der Waals surface area (Å²) in [6, 6.07) is 11.5. The van der Waals surface area contributed by atoms with E-state index in [4.69, 9.17) is 0 Å². The summed E-state index contributed by atoms with van der Waals surface area (Å²) in [4.78, 5) is 2.28. The van der Waals surface area contributed by atoms with Crippen LogP contribution in [0.25, 0.3) is 0 Å². The standard InChI is InChI=1S/C16H21BrN2S/c1-4-15(18-2)13-5-7-14(8-6-13)19(3)10-12-9-16(17)20-11-12/h5-9,11,15,18H,4,10H2,1-3H3. The number of thiophene rings is 1. The minimum absolute atomic E-state index is 0.446.